The smallest absolute Gasteiger partial charge is 0.262 e. The summed E-state index contributed by atoms with van der Waals surface area (Å²) in [5.74, 6) is -2.31. The lowest BCUT2D eigenvalue weighted by Crippen LogP contribution is -2.40. The zero-order valence-electron chi connectivity index (χ0n) is 12.9. The number of nitrogens with zero attached hydrogens (tertiary/aromatic N) is 2. The topological polar surface area (TPSA) is 57.3 Å². The third kappa shape index (κ3) is 4.13. The van der Waals surface area contributed by atoms with Crippen LogP contribution >= 0.6 is 0 Å². The minimum absolute atomic E-state index is 0.286. The molecule has 2 N–H and O–H groups in total. The maximum atomic E-state index is 13.0. The number of halogens is 2. The van der Waals surface area contributed by atoms with Gasteiger partial charge in [-0.25, -0.2) is 13.8 Å². The summed E-state index contributed by atoms with van der Waals surface area (Å²) in [4.78, 5) is 18.3. The normalized spacial score (nSPS) is 19.9. The summed E-state index contributed by atoms with van der Waals surface area (Å²) in [7, 11) is 0. The second-order valence-corrected chi connectivity index (χ2v) is 5.41. The fraction of sp³-hybridized carbons (Fsp3) is 0.600. The summed E-state index contributed by atoms with van der Waals surface area (Å²) in [6, 6.07) is 2.96. The van der Waals surface area contributed by atoms with Crippen molar-refractivity contribution in [1.29, 1.82) is 0 Å². The van der Waals surface area contributed by atoms with Crippen LogP contribution < -0.4 is 15.5 Å². The van der Waals surface area contributed by atoms with E-state index in [2.05, 4.69) is 34.4 Å². The van der Waals surface area contributed by atoms with Crippen LogP contribution in [0.1, 0.15) is 25.8 Å². The average molecular weight is 312 g/mol. The van der Waals surface area contributed by atoms with E-state index >= 15 is 0 Å². The summed E-state index contributed by atoms with van der Waals surface area (Å²) >= 11 is 0. The Labute approximate surface area is 129 Å². The Morgan fingerprint density at radius 2 is 2.18 bits per heavy atom. The molecule has 1 fully saturated rings. The Bertz CT molecular complexity index is 503. The molecule has 1 amide bonds. The van der Waals surface area contributed by atoms with Gasteiger partial charge in [0.2, 0.25) is 5.91 Å². The lowest BCUT2D eigenvalue weighted by Gasteiger charge is -2.19. The highest BCUT2D eigenvalue weighted by atomic mass is 19.3. The first-order valence-corrected chi connectivity index (χ1v) is 7.54. The van der Waals surface area contributed by atoms with Crippen LogP contribution in [0.5, 0.6) is 0 Å². The highest BCUT2D eigenvalue weighted by molar-refractivity contribution is 5.82. The van der Waals surface area contributed by atoms with Crippen molar-refractivity contribution in [2.75, 3.05) is 24.5 Å². The van der Waals surface area contributed by atoms with Crippen LogP contribution in [-0.2, 0) is 11.3 Å². The Morgan fingerprint density at radius 3 is 2.68 bits per heavy atom. The lowest BCUT2D eigenvalue weighted by molar-refractivity contribution is -0.123. The molecule has 1 saturated heterocycles. The van der Waals surface area contributed by atoms with Crippen LogP contribution in [0.25, 0.3) is 0 Å². The molecule has 0 aromatic carbocycles. The van der Waals surface area contributed by atoms with Gasteiger partial charge in [-0.05, 0) is 25.5 Å². The molecule has 0 spiro atoms. The van der Waals surface area contributed by atoms with E-state index in [9.17, 15) is 13.6 Å². The van der Waals surface area contributed by atoms with Gasteiger partial charge in [0, 0.05) is 32.3 Å². The van der Waals surface area contributed by atoms with E-state index in [-0.39, 0.29) is 6.54 Å². The van der Waals surface area contributed by atoms with Gasteiger partial charge in [-0.2, -0.15) is 0 Å². The first kappa shape index (κ1) is 16.6. The average Bonchev–Trinajstić information content (AvgIpc) is 2.87. The molecule has 5 nitrogen and oxygen atoms in total. The van der Waals surface area contributed by atoms with Gasteiger partial charge in [-0.1, -0.05) is 6.07 Å². The highest BCUT2D eigenvalue weighted by Gasteiger charge is 2.42. The van der Waals surface area contributed by atoms with Gasteiger partial charge in [0.15, 0.2) is 0 Å². The summed E-state index contributed by atoms with van der Waals surface area (Å²) < 4.78 is 26.1. The van der Waals surface area contributed by atoms with Gasteiger partial charge in [0.25, 0.3) is 5.92 Å². The number of hydrogen-bond donors (Lipinski definition) is 2. The first-order valence-electron chi connectivity index (χ1n) is 7.54. The molecule has 1 aliphatic heterocycles. The number of amides is 1. The van der Waals surface area contributed by atoms with E-state index in [1.54, 1.807) is 6.20 Å². The van der Waals surface area contributed by atoms with Crippen LogP contribution in [0.3, 0.4) is 0 Å². The minimum Gasteiger partial charge on any atom is -0.357 e. The quantitative estimate of drug-likeness (QED) is 0.837. The summed E-state index contributed by atoms with van der Waals surface area (Å²) in [5, 5.41) is 5.20. The van der Waals surface area contributed by atoms with Crippen molar-refractivity contribution in [2.24, 2.45) is 0 Å². The van der Waals surface area contributed by atoms with Crippen molar-refractivity contribution in [2.45, 2.75) is 38.8 Å². The predicted molar refractivity (Wildman–Crippen MR) is 81.0 cm³/mol. The van der Waals surface area contributed by atoms with Crippen LogP contribution in [-0.4, -0.2) is 42.5 Å². The fourth-order valence-corrected chi connectivity index (χ4v) is 2.47. The van der Waals surface area contributed by atoms with Gasteiger partial charge in [0.05, 0.1) is 12.6 Å². The van der Waals surface area contributed by atoms with Crippen LogP contribution in [0.4, 0.5) is 14.6 Å². The molecule has 1 aliphatic rings. The standard InChI is InChI=1S/C15H22F2N4O/c1-3-21(4-2)13-6-5-11(8-18-13)9-19-14(22)12-7-15(16,17)10-20-12/h5-6,8,12,20H,3-4,7,9-10H2,1-2H3,(H,19,22). The van der Waals surface area contributed by atoms with Gasteiger partial charge < -0.3 is 10.2 Å². The Morgan fingerprint density at radius 1 is 1.45 bits per heavy atom. The van der Waals surface area contributed by atoms with Crippen molar-refractivity contribution in [3.05, 3.63) is 23.9 Å². The maximum absolute atomic E-state index is 13.0. The molecular weight excluding hydrogens is 290 g/mol. The molecule has 2 heterocycles. The second kappa shape index (κ2) is 7.00. The SMILES string of the molecule is CCN(CC)c1ccc(CNC(=O)C2CC(F)(F)CN2)cn1. The monoisotopic (exact) mass is 312 g/mol. The Hall–Kier alpha value is -1.76. The molecular formula is C15H22F2N4O. The Kier molecular flexibility index (Phi) is 5.28. The molecule has 0 aliphatic carbocycles. The molecule has 0 radical (unpaired) electrons. The molecule has 7 heteroatoms. The van der Waals surface area contributed by atoms with E-state index in [1.807, 2.05) is 12.1 Å². The van der Waals surface area contributed by atoms with Gasteiger partial charge in [0.1, 0.15) is 5.82 Å². The van der Waals surface area contributed by atoms with Crippen LogP contribution in [0.15, 0.2) is 18.3 Å². The van der Waals surface area contributed by atoms with Crippen molar-refractivity contribution < 1.29 is 13.6 Å². The van der Waals surface area contributed by atoms with E-state index < -0.39 is 30.8 Å². The molecule has 0 bridgehead atoms. The van der Waals surface area contributed by atoms with E-state index in [1.165, 1.54) is 0 Å². The van der Waals surface area contributed by atoms with Crippen molar-refractivity contribution >= 4 is 11.7 Å². The van der Waals surface area contributed by atoms with Crippen molar-refractivity contribution in [3.63, 3.8) is 0 Å². The van der Waals surface area contributed by atoms with Crippen molar-refractivity contribution in [1.82, 2.24) is 15.6 Å². The molecule has 1 atom stereocenters. The van der Waals surface area contributed by atoms with Crippen LogP contribution in [0, 0.1) is 0 Å². The van der Waals surface area contributed by atoms with Gasteiger partial charge in [-0.3, -0.25) is 10.1 Å². The predicted octanol–water partition coefficient (Wildman–Crippen LogP) is 1.54. The number of rotatable bonds is 6. The largest absolute Gasteiger partial charge is 0.357 e. The van der Waals surface area contributed by atoms with E-state index in [4.69, 9.17) is 0 Å². The number of carbonyl (C=O) groups is 1. The van der Waals surface area contributed by atoms with Crippen molar-refractivity contribution in [3.8, 4) is 0 Å². The summed E-state index contributed by atoms with van der Waals surface area (Å²) in [6.45, 7) is 5.72. The third-order valence-electron chi connectivity index (χ3n) is 3.79. The number of carbonyl (C=O) groups excluding carboxylic acids is 1. The molecule has 1 aromatic heterocycles. The number of anilines is 1. The summed E-state index contributed by atoms with van der Waals surface area (Å²) in [5.41, 5.74) is 0.842. The number of hydrogen-bond acceptors (Lipinski definition) is 4. The van der Waals surface area contributed by atoms with E-state index in [0.29, 0.717) is 0 Å². The second-order valence-electron chi connectivity index (χ2n) is 5.41. The molecule has 2 rings (SSSR count). The Balaban J connectivity index is 1.85. The highest BCUT2D eigenvalue weighted by Crippen LogP contribution is 2.25. The molecule has 1 aromatic rings. The molecule has 1 unspecified atom stereocenters. The molecule has 122 valence electrons. The molecule has 22 heavy (non-hydrogen) atoms. The van der Waals surface area contributed by atoms with Gasteiger partial charge >= 0.3 is 0 Å². The zero-order chi connectivity index (χ0) is 16.2. The molecule has 0 saturated carbocycles. The van der Waals surface area contributed by atoms with Gasteiger partial charge in [-0.15, -0.1) is 0 Å². The third-order valence-corrected chi connectivity index (χ3v) is 3.79. The number of alkyl halides is 2. The number of pyridine rings is 1. The lowest BCUT2D eigenvalue weighted by atomic mass is 10.2. The zero-order valence-corrected chi connectivity index (χ0v) is 12.9. The number of aromatic nitrogens is 1. The first-order chi connectivity index (χ1) is 10.4. The van der Waals surface area contributed by atoms with Crippen LogP contribution in [0.2, 0.25) is 0 Å². The van der Waals surface area contributed by atoms with E-state index in [0.717, 1.165) is 24.5 Å². The summed E-state index contributed by atoms with van der Waals surface area (Å²) in [6.07, 6.45) is 1.25. The maximum Gasteiger partial charge on any atom is 0.262 e. The fourth-order valence-electron chi connectivity index (χ4n) is 2.47. The minimum atomic E-state index is -2.80. The number of nitrogens with one attached hydrogen (secondary N) is 2.